The van der Waals surface area contributed by atoms with Crippen LogP contribution in [-0.4, -0.2) is 5.10 Å². The van der Waals surface area contributed by atoms with Crippen molar-refractivity contribution >= 4 is 23.2 Å². The van der Waals surface area contributed by atoms with Crippen molar-refractivity contribution in [2.45, 2.75) is 13.8 Å². The molecule has 0 saturated carbocycles. The van der Waals surface area contributed by atoms with E-state index in [2.05, 4.69) is 5.10 Å². The van der Waals surface area contributed by atoms with Crippen molar-refractivity contribution in [2.75, 3.05) is 0 Å². The van der Waals surface area contributed by atoms with E-state index in [1.807, 2.05) is 42.8 Å². The molecule has 4 heteroatoms. The number of H-pyrrole nitrogens is 1. The van der Waals surface area contributed by atoms with Gasteiger partial charge in [0.1, 0.15) is 5.02 Å². The van der Waals surface area contributed by atoms with Crippen LogP contribution in [0.2, 0.25) is 10.0 Å². The number of aryl methyl sites for hydroxylation is 1. The van der Waals surface area contributed by atoms with E-state index in [0.717, 1.165) is 27.1 Å². The van der Waals surface area contributed by atoms with E-state index in [0.29, 0.717) is 0 Å². The second kappa shape index (κ2) is 3.87. The van der Waals surface area contributed by atoms with Crippen LogP contribution in [0.25, 0.3) is 5.69 Å². The van der Waals surface area contributed by atoms with Gasteiger partial charge in [-0.05, 0) is 19.1 Å². The molecule has 0 spiro atoms. The SMILES string of the molecule is Cc1[nH][n+](-c2ccc(Cl)cc2)c(C)c1Cl. The van der Waals surface area contributed by atoms with Crippen molar-refractivity contribution in [1.29, 1.82) is 0 Å². The zero-order valence-corrected chi connectivity index (χ0v) is 10.0. The number of aromatic nitrogens is 2. The van der Waals surface area contributed by atoms with Crippen molar-refractivity contribution in [2.24, 2.45) is 0 Å². The molecule has 15 heavy (non-hydrogen) atoms. The molecular formula is C11H11Cl2N2+. The van der Waals surface area contributed by atoms with E-state index in [1.165, 1.54) is 0 Å². The Balaban J connectivity index is 2.54. The molecule has 1 N–H and O–H groups in total. The van der Waals surface area contributed by atoms with E-state index in [1.54, 1.807) is 0 Å². The smallest absolute Gasteiger partial charge is 0.163 e. The van der Waals surface area contributed by atoms with Gasteiger partial charge in [-0.25, -0.2) is 0 Å². The Labute approximate surface area is 98.4 Å². The van der Waals surface area contributed by atoms with Crippen LogP contribution in [0, 0.1) is 13.8 Å². The highest BCUT2D eigenvalue weighted by molar-refractivity contribution is 6.31. The molecule has 2 aromatic rings. The van der Waals surface area contributed by atoms with Crippen molar-refractivity contribution in [1.82, 2.24) is 5.10 Å². The number of hydrogen-bond donors (Lipinski definition) is 1. The molecule has 2 nitrogen and oxygen atoms in total. The summed E-state index contributed by atoms with van der Waals surface area (Å²) in [6.45, 7) is 3.92. The van der Waals surface area contributed by atoms with Crippen LogP contribution in [-0.2, 0) is 0 Å². The van der Waals surface area contributed by atoms with Crippen LogP contribution in [0.5, 0.6) is 0 Å². The maximum Gasteiger partial charge on any atom is 0.236 e. The van der Waals surface area contributed by atoms with E-state index >= 15 is 0 Å². The summed E-state index contributed by atoms with van der Waals surface area (Å²) in [6, 6.07) is 7.60. The number of halogens is 2. The summed E-state index contributed by atoms with van der Waals surface area (Å²) in [7, 11) is 0. The van der Waals surface area contributed by atoms with E-state index in [4.69, 9.17) is 23.2 Å². The van der Waals surface area contributed by atoms with E-state index < -0.39 is 0 Å². The molecule has 1 aromatic heterocycles. The average Bonchev–Trinajstić information content (AvgIpc) is 2.47. The van der Waals surface area contributed by atoms with Gasteiger partial charge in [0.2, 0.25) is 11.4 Å². The Morgan fingerprint density at radius 2 is 1.67 bits per heavy atom. The molecule has 0 fully saturated rings. The van der Waals surface area contributed by atoms with Gasteiger partial charge in [-0.3, -0.25) is 0 Å². The van der Waals surface area contributed by atoms with Gasteiger partial charge >= 0.3 is 0 Å². The van der Waals surface area contributed by atoms with Crippen LogP contribution in [0.15, 0.2) is 24.3 Å². The fourth-order valence-corrected chi connectivity index (χ4v) is 1.77. The van der Waals surface area contributed by atoms with E-state index in [9.17, 15) is 0 Å². The number of benzene rings is 1. The van der Waals surface area contributed by atoms with Crippen molar-refractivity contribution in [3.8, 4) is 5.69 Å². The highest BCUT2D eigenvalue weighted by Crippen LogP contribution is 2.17. The number of nitrogens with zero attached hydrogens (tertiary/aromatic N) is 1. The lowest BCUT2D eigenvalue weighted by atomic mass is 10.3. The lowest BCUT2D eigenvalue weighted by Crippen LogP contribution is -2.35. The number of aromatic amines is 1. The van der Waals surface area contributed by atoms with E-state index in [-0.39, 0.29) is 0 Å². The summed E-state index contributed by atoms with van der Waals surface area (Å²) in [5.74, 6) is 0. The normalized spacial score (nSPS) is 10.7. The number of nitrogens with one attached hydrogen (secondary N) is 1. The first-order chi connectivity index (χ1) is 7.09. The van der Waals surface area contributed by atoms with Gasteiger partial charge in [0.25, 0.3) is 0 Å². The molecular weight excluding hydrogens is 231 g/mol. The molecule has 0 radical (unpaired) electrons. The van der Waals surface area contributed by atoms with Gasteiger partial charge in [-0.15, -0.1) is 0 Å². The predicted molar refractivity (Wildman–Crippen MR) is 61.8 cm³/mol. The third-order valence-electron chi connectivity index (χ3n) is 2.35. The predicted octanol–water partition coefficient (Wildman–Crippen LogP) is 3.22. The summed E-state index contributed by atoms with van der Waals surface area (Å²) in [5, 5.41) is 4.69. The molecule has 78 valence electrons. The highest BCUT2D eigenvalue weighted by atomic mass is 35.5. The molecule has 2 rings (SSSR count). The largest absolute Gasteiger partial charge is 0.236 e. The quantitative estimate of drug-likeness (QED) is 0.741. The monoisotopic (exact) mass is 241 g/mol. The molecule has 0 saturated heterocycles. The Morgan fingerprint density at radius 1 is 1.07 bits per heavy atom. The van der Waals surface area contributed by atoms with Gasteiger partial charge in [-0.1, -0.05) is 27.9 Å². The Morgan fingerprint density at radius 3 is 2.13 bits per heavy atom. The molecule has 1 heterocycles. The van der Waals surface area contributed by atoms with Crippen molar-refractivity contribution in [3.63, 3.8) is 0 Å². The minimum atomic E-state index is 0.728. The fraction of sp³-hybridized carbons (Fsp3) is 0.182. The number of rotatable bonds is 1. The minimum absolute atomic E-state index is 0.728. The van der Waals surface area contributed by atoms with Crippen molar-refractivity contribution < 1.29 is 4.68 Å². The molecule has 0 atom stereocenters. The summed E-state index contributed by atoms with van der Waals surface area (Å²) in [6.07, 6.45) is 0. The Kier molecular flexibility index (Phi) is 2.72. The standard InChI is InChI=1S/C11H10Cl2N2/c1-7-11(13)8(2)15(14-7)10-5-3-9(12)4-6-10/h3-6H,1-2H3/p+1. The van der Waals surface area contributed by atoms with Gasteiger partial charge in [0, 0.05) is 24.1 Å². The topological polar surface area (TPSA) is 19.7 Å². The molecule has 0 aliphatic rings. The molecule has 1 aromatic carbocycles. The van der Waals surface area contributed by atoms with Crippen molar-refractivity contribution in [3.05, 3.63) is 45.7 Å². The zero-order chi connectivity index (χ0) is 11.0. The van der Waals surface area contributed by atoms with Crippen LogP contribution in [0.1, 0.15) is 11.4 Å². The minimum Gasteiger partial charge on any atom is -0.163 e. The lowest BCUT2D eigenvalue weighted by molar-refractivity contribution is -0.661. The maximum atomic E-state index is 6.10. The molecule has 0 aliphatic heterocycles. The maximum absolute atomic E-state index is 6.10. The third kappa shape index (κ3) is 1.87. The first-order valence-corrected chi connectivity index (χ1v) is 5.38. The first-order valence-electron chi connectivity index (χ1n) is 4.62. The fourth-order valence-electron chi connectivity index (χ4n) is 1.52. The lowest BCUT2D eigenvalue weighted by Gasteiger charge is -1.93. The average molecular weight is 242 g/mol. The summed E-state index contributed by atoms with van der Waals surface area (Å²) < 4.78 is 1.94. The second-order valence-corrected chi connectivity index (χ2v) is 4.26. The second-order valence-electron chi connectivity index (χ2n) is 3.45. The molecule has 0 amide bonds. The molecule has 0 bridgehead atoms. The number of hydrogen-bond acceptors (Lipinski definition) is 0. The molecule has 0 aliphatic carbocycles. The van der Waals surface area contributed by atoms with Gasteiger partial charge < -0.3 is 0 Å². The van der Waals surface area contributed by atoms with Gasteiger partial charge in [0.15, 0.2) is 0 Å². The molecule has 0 unspecified atom stereocenters. The third-order valence-corrected chi connectivity index (χ3v) is 3.16. The Hall–Kier alpha value is -0.990. The Bertz CT molecular complexity index is 486. The van der Waals surface area contributed by atoms with Crippen LogP contribution >= 0.6 is 23.2 Å². The van der Waals surface area contributed by atoms with Gasteiger partial charge in [0.05, 0.1) is 5.69 Å². The first kappa shape index (κ1) is 10.5. The van der Waals surface area contributed by atoms with Crippen LogP contribution in [0.3, 0.4) is 0 Å². The van der Waals surface area contributed by atoms with Crippen LogP contribution < -0.4 is 4.68 Å². The van der Waals surface area contributed by atoms with Gasteiger partial charge in [-0.2, -0.15) is 5.10 Å². The van der Waals surface area contributed by atoms with Crippen LogP contribution in [0.4, 0.5) is 0 Å². The summed E-state index contributed by atoms with van der Waals surface area (Å²) in [4.78, 5) is 0. The zero-order valence-electron chi connectivity index (χ0n) is 8.51. The summed E-state index contributed by atoms with van der Waals surface area (Å²) in [5.41, 5.74) is 2.98. The summed E-state index contributed by atoms with van der Waals surface area (Å²) >= 11 is 11.9. The highest BCUT2D eigenvalue weighted by Gasteiger charge is 2.19.